The van der Waals surface area contributed by atoms with Crippen molar-refractivity contribution in [2.45, 2.75) is 26.2 Å². The van der Waals surface area contributed by atoms with Crippen molar-refractivity contribution < 1.29 is 9.90 Å². The van der Waals surface area contributed by atoms with Gasteiger partial charge >= 0.3 is 5.97 Å². The van der Waals surface area contributed by atoms with E-state index in [-0.39, 0.29) is 5.69 Å². The minimum Gasteiger partial charge on any atom is -0.477 e. The smallest absolute Gasteiger partial charge is 0.354 e. The third-order valence-electron chi connectivity index (χ3n) is 2.79. The zero-order chi connectivity index (χ0) is 12.3. The Hall–Kier alpha value is -1.90. The van der Waals surface area contributed by atoms with Gasteiger partial charge in [0.25, 0.3) is 0 Å². The molecule has 0 radical (unpaired) electrons. The molecule has 0 amide bonds. The van der Waals surface area contributed by atoms with Crippen LogP contribution in [0.1, 0.15) is 35.8 Å². The second-order valence-corrected chi connectivity index (χ2v) is 4.13. The van der Waals surface area contributed by atoms with Crippen LogP contribution in [0.3, 0.4) is 0 Å². The zero-order valence-corrected chi connectivity index (χ0v) is 9.81. The molecule has 0 saturated heterocycles. The summed E-state index contributed by atoms with van der Waals surface area (Å²) in [5.41, 5.74) is 2.12. The van der Waals surface area contributed by atoms with Crippen LogP contribution in [0.15, 0.2) is 30.3 Å². The van der Waals surface area contributed by atoms with Crippen molar-refractivity contribution in [1.29, 1.82) is 0 Å². The number of carboxylic acid groups (broad SMARTS) is 1. The van der Waals surface area contributed by atoms with Gasteiger partial charge in [-0.25, -0.2) is 9.78 Å². The summed E-state index contributed by atoms with van der Waals surface area (Å²) in [6, 6.07) is 9.38. The lowest BCUT2D eigenvalue weighted by atomic mass is 10.1. The molecule has 0 saturated carbocycles. The van der Waals surface area contributed by atoms with Gasteiger partial charge in [0, 0.05) is 5.39 Å². The number of benzene rings is 1. The molecular formula is C14H15NO2. The molecule has 17 heavy (non-hydrogen) atoms. The average Bonchev–Trinajstić information content (AvgIpc) is 2.35. The van der Waals surface area contributed by atoms with E-state index in [0.29, 0.717) is 0 Å². The highest BCUT2D eigenvalue weighted by Gasteiger charge is 2.05. The van der Waals surface area contributed by atoms with Gasteiger partial charge in [0.1, 0.15) is 5.69 Å². The highest BCUT2D eigenvalue weighted by atomic mass is 16.4. The number of aromatic carboxylic acids is 1. The van der Waals surface area contributed by atoms with Gasteiger partial charge in [-0.05, 0) is 36.6 Å². The van der Waals surface area contributed by atoms with Gasteiger partial charge < -0.3 is 5.11 Å². The first-order chi connectivity index (χ1) is 8.20. The van der Waals surface area contributed by atoms with E-state index >= 15 is 0 Å². The molecule has 1 N–H and O–H groups in total. The van der Waals surface area contributed by atoms with E-state index in [1.54, 1.807) is 6.07 Å². The van der Waals surface area contributed by atoms with E-state index in [2.05, 4.69) is 18.0 Å². The molecule has 0 aliphatic rings. The minimum atomic E-state index is -0.984. The largest absolute Gasteiger partial charge is 0.477 e. The highest BCUT2D eigenvalue weighted by Crippen LogP contribution is 2.16. The number of carboxylic acids is 1. The maximum absolute atomic E-state index is 10.8. The number of rotatable bonds is 4. The van der Waals surface area contributed by atoms with Gasteiger partial charge in [-0.2, -0.15) is 0 Å². The fraction of sp³-hybridized carbons (Fsp3) is 0.286. The van der Waals surface area contributed by atoms with E-state index in [1.807, 2.05) is 18.2 Å². The molecule has 3 nitrogen and oxygen atoms in total. The first-order valence-electron chi connectivity index (χ1n) is 5.83. The van der Waals surface area contributed by atoms with Gasteiger partial charge in [0.15, 0.2) is 0 Å². The number of aromatic nitrogens is 1. The first-order valence-corrected chi connectivity index (χ1v) is 5.83. The van der Waals surface area contributed by atoms with Crippen LogP contribution in [-0.4, -0.2) is 16.1 Å². The third-order valence-corrected chi connectivity index (χ3v) is 2.79. The van der Waals surface area contributed by atoms with Crippen molar-refractivity contribution >= 4 is 16.9 Å². The zero-order valence-electron chi connectivity index (χ0n) is 9.81. The predicted molar refractivity (Wildman–Crippen MR) is 67.3 cm³/mol. The van der Waals surface area contributed by atoms with Crippen molar-refractivity contribution in [2.75, 3.05) is 0 Å². The maximum Gasteiger partial charge on any atom is 0.354 e. The highest BCUT2D eigenvalue weighted by molar-refractivity contribution is 5.89. The summed E-state index contributed by atoms with van der Waals surface area (Å²) in [5.74, 6) is -0.984. The van der Waals surface area contributed by atoms with E-state index in [1.165, 1.54) is 18.4 Å². The Kier molecular flexibility index (Phi) is 3.38. The topological polar surface area (TPSA) is 50.2 Å². The summed E-state index contributed by atoms with van der Waals surface area (Å²) in [7, 11) is 0. The summed E-state index contributed by atoms with van der Waals surface area (Å²) >= 11 is 0. The molecule has 0 bridgehead atoms. The van der Waals surface area contributed by atoms with Crippen molar-refractivity contribution in [3.05, 3.63) is 41.6 Å². The molecule has 0 aliphatic heterocycles. The van der Waals surface area contributed by atoms with Crippen LogP contribution in [0.25, 0.3) is 10.9 Å². The van der Waals surface area contributed by atoms with Crippen molar-refractivity contribution in [1.82, 2.24) is 4.98 Å². The average molecular weight is 229 g/mol. The third kappa shape index (κ3) is 2.61. The van der Waals surface area contributed by atoms with E-state index < -0.39 is 5.97 Å². The minimum absolute atomic E-state index is 0.0961. The fourth-order valence-electron chi connectivity index (χ4n) is 1.83. The molecule has 0 unspecified atom stereocenters. The Morgan fingerprint density at radius 3 is 2.82 bits per heavy atom. The Morgan fingerprint density at radius 2 is 2.12 bits per heavy atom. The second kappa shape index (κ2) is 4.95. The molecule has 2 aromatic rings. The van der Waals surface area contributed by atoms with Gasteiger partial charge in [-0.3, -0.25) is 0 Å². The van der Waals surface area contributed by atoms with Crippen molar-refractivity contribution in [3.63, 3.8) is 0 Å². The van der Waals surface area contributed by atoms with Crippen LogP contribution in [0, 0.1) is 0 Å². The van der Waals surface area contributed by atoms with E-state index in [4.69, 9.17) is 5.11 Å². The number of nitrogens with zero attached hydrogens (tertiary/aromatic N) is 1. The number of hydrogen-bond donors (Lipinski definition) is 1. The normalized spacial score (nSPS) is 10.6. The van der Waals surface area contributed by atoms with Crippen LogP contribution in [0.2, 0.25) is 0 Å². The lowest BCUT2D eigenvalue weighted by molar-refractivity contribution is 0.0691. The standard InChI is InChI=1S/C14H15NO2/c1-2-3-4-10-5-7-12-11(9-10)6-8-13(15-12)14(16)17/h5-9H,2-4H2,1H3,(H,16,17). The molecule has 0 fully saturated rings. The molecule has 1 aromatic carbocycles. The Labute approximate surface area is 100 Å². The molecular weight excluding hydrogens is 214 g/mol. The monoisotopic (exact) mass is 229 g/mol. The molecule has 0 aliphatic carbocycles. The van der Waals surface area contributed by atoms with Gasteiger partial charge in [0.2, 0.25) is 0 Å². The molecule has 0 atom stereocenters. The number of aryl methyl sites for hydroxylation is 1. The summed E-state index contributed by atoms with van der Waals surface area (Å²) < 4.78 is 0. The summed E-state index contributed by atoms with van der Waals surface area (Å²) in [6.45, 7) is 2.17. The number of unbranched alkanes of at least 4 members (excludes halogenated alkanes) is 1. The molecule has 88 valence electrons. The Morgan fingerprint density at radius 1 is 1.29 bits per heavy atom. The second-order valence-electron chi connectivity index (χ2n) is 4.13. The fourth-order valence-corrected chi connectivity index (χ4v) is 1.83. The van der Waals surface area contributed by atoms with E-state index in [9.17, 15) is 4.79 Å². The molecule has 1 heterocycles. The summed E-state index contributed by atoms with van der Waals surface area (Å²) in [5, 5.41) is 9.86. The Balaban J connectivity index is 2.36. The SMILES string of the molecule is CCCCc1ccc2nc(C(=O)O)ccc2c1. The van der Waals surface area contributed by atoms with Crippen LogP contribution in [-0.2, 0) is 6.42 Å². The van der Waals surface area contributed by atoms with Gasteiger partial charge in [-0.15, -0.1) is 0 Å². The van der Waals surface area contributed by atoms with Crippen molar-refractivity contribution in [2.24, 2.45) is 0 Å². The lowest BCUT2D eigenvalue weighted by Crippen LogP contribution is -1.99. The number of carbonyl (C=O) groups is 1. The van der Waals surface area contributed by atoms with Gasteiger partial charge in [-0.1, -0.05) is 25.5 Å². The molecule has 0 spiro atoms. The summed E-state index contributed by atoms with van der Waals surface area (Å²) in [6.07, 6.45) is 3.41. The quantitative estimate of drug-likeness (QED) is 0.875. The lowest BCUT2D eigenvalue weighted by Gasteiger charge is -2.03. The number of pyridine rings is 1. The van der Waals surface area contributed by atoms with Crippen LogP contribution < -0.4 is 0 Å². The maximum atomic E-state index is 10.8. The van der Waals surface area contributed by atoms with Crippen LogP contribution in [0.5, 0.6) is 0 Å². The predicted octanol–water partition coefficient (Wildman–Crippen LogP) is 3.28. The first kappa shape index (κ1) is 11.6. The van der Waals surface area contributed by atoms with Crippen molar-refractivity contribution in [3.8, 4) is 0 Å². The summed E-state index contributed by atoms with van der Waals surface area (Å²) in [4.78, 5) is 14.9. The molecule has 2 rings (SSSR count). The molecule has 1 aromatic heterocycles. The van der Waals surface area contributed by atoms with E-state index in [0.717, 1.165) is 17.3 Å². The number of fused-ring (bicyclic) bond motifs is 1. The van der Waals surface area contributed by atoms with Crippen LogP contribution >= 0.6 is 0 Å². The Bertz CT molecular complexity index is 549. The number of hydrogen-bond acceptors (Lipinski definition) is 2. The van der Waals surface area contributed by atoms with Crippen LogP contribution in [0.4, 0.5) is 0 Å². The van der Waals surface area contributed by atoms with Gasteiger partial charge in [0.05, 0.1) is 5.52 Å². The molecule has 3 heteroatoms.